The van der Waals surface area contributed by atoms with Gasteiger partial charge in [0.05, 0.1) is 10.5 Å². The lowest BCUT2D eigenvalue weighted by Crippen LogP contribution is -2.35. The van der Waals surface area contributed by atoms with E-state index in [4.69, 9.17) is 4.74 Å². The zero-order valence-corrected chi connectivity index (χ0v) is 17.3. The van der Waals surface area contributed by atoms with Crippen molar-refractivity contribution < 1.29 is 22.7 Å². The second-order valence-electron chi connectivity index (χ2n) is 6.73. The van der Waals surface area contributed by atoms with Crippen molar-refractivity contribution in [1.29, 1.82) is 0 Å². The van der Waals surface area contributed by atoms with Crippen molar-refractivity contribution in [2.75, 3.05) is 18.8 Å². The first-order valence-corrected chi connectivity index (χ1v) is 10.1. The number of benzene rings is 2. The molecule has 2 aromatic carbocycles. The normalized spacial score (nSPS) is 12.2. The minimum Gasteiger partial charge on any atom is -0.449 e. The largest absolute Gasteiger partial charge is 0.449 e. The van der Waals surface area contributed by atoms with Crippen LogP contribution in [0.2, 0.25) is 0 Å². The minimum absolute atomic E-state index is 0.0712. The number of ether oxygens (including phenoxy) is 1. The molecule has 150 valence electrons. The van der Waals surface area contributed by atoms with E-state index in [0.29, 0.717) is 11.3 Å². The molecule has 0 spiro atoms. The van der Waals surface area contributed by atoms with Crippen molar-refractivity contribution in [2.24, 2.45) is 0 Å². The third kappa shape index (κ3) is 5.10. The average molecular weight is 404 g/mol. The van der Waals surface area contributed by atoms with Gasteiger partial charge in [0, 0.05) is 19.8 Å². The first-order chi connectivity index (χ1) is 13.0. The monoisotopic (exact) mass is 404 g/mol. The molecule has 0 aliphatic rings. The fourth-order valence-electron chi connectivity index (χ4n) is 2.55. The van der Waals surface area contributed by atoms with Crippen molar-refractivity contribution in [3.05, 3.63) is 59.2 Å². The van der Waals surface area contributed by atoms with Gasteiger partial charge in [-0.05, 0) is 56.2 Å². The number of hydrogen-bond acceptors (Lipinski definition) is 5. The summed E-state index contributed by atoms with van der Waals surface area (Å²) in [7, 11) is -0.779. The van der Waals surface area contributed by atoms with Crippen LogP contribution in [-0.2, 0) is 19.6 Å². The van der Waals surface area contributed by atoms with E-state index in [1.54, 1.807) is 39.2 Å². The molecular weight excluding hydrogens is 380 g/mol. The summed E-state index contributed by atoms with van der Waals surface area (Å²) in [6.07, 6.45) is -0.979. The van der Waals surface area contributed by atoms with E-state index in [9.17, 15) is 18.0 Å². The molecule has 0 aliphatic carbocycles. The minimum atomic E-state index is -3.89. The molecular formula is C20H24N2O5S. The lowest BCUT2D eigenvalue weighted by Gasteiger charge is -2.18. The van der Waals surface area contributed by atoms with Crippen LogP contribution in [0, 0.1) is 13.8 Å². The Morgan fingerprint density at radius 1 is 1.07 bits per heavy atom. The second kappa shape index (κ2) is 8.43. The van der Waals surface area contributed by atoms with Gasteiger partial charge >= 0.3 is 5.97 Å². The van der Waals surface area contributed by atoms with Crippen LogP contribution in [0.1, 0.15) is 28.4 Å². The molecule has 0 saturated heterocycles. The van der Waals surface area contributed by atoms with Crippen molar-refractivity contribution in [3.8, 4) is 0 Å². The van der Waals surface area contributed by atoms with Gasteiger partial charge in [-0.15, -0.1) is 0 Å². The van der Waals surface area contributed by atoms with Crippen molar-refractivity contribution in [3.63, 3.8) is 0 Å². The first-order valence-electron chi connectivity index (χ1n) is 8.63. The first kappa shape index (κ1) is 21.4. The summed E-state index contributed by atoms with van der Waals surface area (Å²) < 4.78 is 33.1. The quantitative estimate of drug-likeness (QED) is 0.748. The second-order valence-corrected chi connectivity index (χ2v) is 8.41. The highest BCUT2D eigenvalue weighted by molar-refractivity contribution is 7.92. The van der Waals surface area contributed by atoms with Crippen LogP contribution in [0.15, 0.2) is 47.4 Å². The van der Waals surface area contributed by atoms with Gasteiger partial charge in [-0.1, -0.05) is 18.2 Å². The number of sulfonamides is 1. The molecule has 28 heavy (non-hydrogen) atoms. The molecule has 2 aromatic rings. The van der Waals surface area contributed by atoms with Crippen LogP contribution >= 0.6 is 0 Å². The molecule has 0 heterocycles. The Hall–Kier alpha value is -2.87. The van der Waals surface area contributed by atoms with Gasteiger partial charge in [0.25, 0.3) is 15.9 Å². The number of amides is 1. The molecule has 0 aliphatic heterocycles. The van der Waals surface area contributed by atoms with Crippen molar-refractivity contribution in [1.82, 2.24) is 4.90 Å². The summed E-state index contributed by atoms with van der Waals surface area (Å²) in [5, 5.41) is 0. The number of aryl methyl sites for hydroxylation is 2. The maximum Gasteiger partial charge on any atom is 0.339 e. The highest BCUT2D eigenvalue weighted by Gasteiger charge is 2.23. The fraction of sp³-hybridized carbons (Fsp3) is 0.300. The molecule has 0 radical (unpaired) electrons. The summed E-state index contributed by atoms with van der Waals surface area (Å²) in [5.74, 6) is -1.12. The molecule has 1 atom stereocenters. The molecule has 2 rings (SSSR count). The summed E-state index contributed by atoms with van der Waals surface area (Å²) in [5.41, 5.74) is 1.97. The van der Waals surface area contributed by atoms with Gasteiger partial charge in [0.15, 0.2) is 6.10 Å². The molecule has 8 heteroatoms. The Bertz CT molecular complexity index is 999. The summed E-state index contributed by atoms with van der Waals surface area (Å²) >= 11 is 0. The molecule has 0 unspecified atom stereocenters. The zero-order chi connectivity index (χ0) is 21.1. The molecule has 1 amide bonds. The molecule has 7 nitrogen and oxygen atoms in total. The Kier molecular flexibility index (Phi) is 6.45. The lowest BCUT2D eigenvalue weighted by molar-refractivity contribution is -0.137. The smallest absolute Gasteiger partial charge is 0.339 e. The Morgan fingerprint density at radius 2 is 1.75 bits per heavy atom. The van der Waals surface area contributed by atoms with E-state index in [-0.39, 0.29) is 16.4 Å². The zero-order valence-electron chi connectivity index (χ0n) is 16.5. The van der Waals surface area contributed by atoms with Gasteiger partial charge < -0.3 is 9.64 Å². The SMILES string of the molecule is Cc1cccc(NS(=O)(=O)c2ccc(C)c(C(=O)O[C@@H](C)C(=O)N(C)C)c2)c1. The third-order valence-corrected chi connectivity index (χ3v) is 5.46. The van der Waals surface area contributed by atoms with Crippen LogP contribution in [0.5, 0.6) is 0 Å². The van der Waals surface area contributed by atoms with Gasteiger partial charge in [-0.3, -0.25) is 9.52 Å². The van der Waals surface area contributed by atoms with E-state index in [0.717, 1.165) is 5.56 Å². The fourth-order valence-corrected chi connectivity index (χ4v) is 3.62. The maximum atomic E-state index is 12.7. The van der Waals surface area contributed by atoms with Crippen LogP contribution < -0.4 is 4.72 Å². The Morgan fingerprint density at radius 3 is 2.36 bits per heavy atom. The summed E-state index contributed by atoms with van der Waals surface area (Å²) in [6, 6.07) is 11.1. The summed E-state index contributed by atoms with van der Waals surface area (Å²) in [6.45, 7) is 4.99. The Labute approximate surface area is 165 Å². The molecule has 0 saturated carbocycles. The highest BCUT2D eigenvalue weighted by atomic mass is 32.2. The molecule has 0 bridgehead atoms. The number of nitrogens with zero attached hydrogens (tertiary/aromatic N) is 1. The number of esters is 1. The van der Waals surface area contributed by atoms with Crippen molar-refractivity contribution >= 4 is 27.6 Å². The number of carbonyl (C=O) groups is 2. The van der Waals surface area contributed by atoms with Gasteiger partial charge in [-0.2, -0.15) is 0 Å². The molecule has 0 aromatic heterocycles. The van der Waals surface area contributed by atoms with E-state index in [1.165, 1.54) is 30.0 Å². The lowest BCUT2D eigenvalue weighted by atomic mass is 10.1. The van der Waals surface area contributed by atoms with E-state index in [1.807, 2.05) is 13.0 Å². The highest BCUT2D eigenvalue weighted by Crippen LogP contribution is 2.21. The number of carbonyl (C=O) groups excluding carboxylic acids is 2. The standard InChI is InChI=1S/C20H24N2O5S/c1-13-7-6-8-16(11-13)21-28(25,26)17-10-9-14(2)18(12-17)20(24)27-15(3)19(23)22(4)5/h6-12,15,21H,1-5H3/t15-/m0/s1. The Balaban J connectivity index is 2.29. The third-order valence-electron chi connectivity index (χ3n) is 4.08. The van der Waals surface area contributed by atoms with Gasteiger partial charge in [-0.25, -0.2) is 13.2 Å². The number of likely N-dealkylation sites (N-methyl/N-ethyl adjacent to an activating group) is 1. The van der Waals surface area contributed by atoms with Crippen LogP contribution in [-0.4, -0.2) is 45.4 Å². The van der Waals surface area contributed by atoms with Crippen LogP contribution in [0.25, 0.3) is 0 Å². The summed E-state index contributed by atoms with van der Waals surface area (Å²) in [4.78, 5) is 25.6. The van der Waals surface area contributed by atoms with Crippen LogP contribution in [0.3, 0.4) is 0 Å². The predicted octanol–water partition coefficient (Wildman–Crippen LogP) is 2.74. The number of hydrogen-bond donors (Lipinski definition) is 1. The maximum absolute atomic E-state index is 12.7. The number of rotatable bonds is 6. The number of nitrogens with one attached hydrogen (secondary N) is 1. The van der Waals surface area contributed by atoms with Gasteiger partial charge in [0.2, 0.25) is 0 Å². The van der Waals surface area contributed by atoms with Crippen LogP contribution in [0.4, 0.5) is 5.69 Å². The van der Waals surface area contributed by atoms with E-state index < -0.39 is 22.1 Å². The van der Waals surface area contributed by atoms with E-state index in [2.05, 4.69) is 4.72 Å². The van der Waals surface area contributed by atoms with Crippen molar-refractivity contribution in [2.45, 2.75) is 31.8 Å². The average Bonchev–Trinajstić information content (AvgIpc) is 2.60. The topological polar surface area (TPSA) is 92.8 Å². The molecule has 1 N–H and O–H groups in total. The number of anilines is 1. The predicted molar refractivity (Wildman–Crippen MR) is 107 cm³/mol. The molecule has 0 fully saturated rings. The van der Waals surface area contributed by atoms with Gasteiger partial charge in [0.1, 0.15) is 0 Å². The van der Waals surface area contributed by atoms with E-state index >= 15 is 0 Å².